The van der Waals surface area contributed by atoms with Crippen LogP contribution >= 0.6 is 0 Å². The molecule has 2 heterocycles. The predicted octanol–water partition coefficient (Wildman–Crippen LogP) is 3.55. The first-order chi connectivity index (χ1) is 14.5. The van der Waals surface area contributed by atoms with Crippen molar-refractivity contribution < 1.29 is 9.18 Å². The van der Waals surface area contributed by atoms with Crippen molar-refractivity contribution in [2.45, 2.75) is 56.5 Å². The maximum atomic E-state index is 13.9. The maximum absolute atomic E-state index is 13.9. The van der Waals surface area contributed by atoms with Crippen molar-refractivity contribution in [3.8, 4) is 0 Å². The molecular formula is C23H30FN5O. The van der Waals surface area contributed by atoms with Gasteiger partial charge < -0.3 is 15.5 Å². The second-order valence-electron chi connectivity index (χ2n) is 8.46. The Labute approximate surface area is 177 Å². The van der Waals surface area contributed by atoms with Crippen LogP contribution in [0.15, 0.2) is 30.3 Å². The molecule has 1 atom stereocenters. The first kappa shape index (κ1) is 20.7. The summed E-state index contributed by atoms with van der Waals surface area (Å²) in [5.74, 6) is 1.27. The molecule has 0 radical (unpaired) electrons. The van der Waals surface area contributed by atoms with Gasteiger partial charge in [0.1, 0.15) is 17.5 Å². The first-order valence-corrected chi connectivity index (χ1v) is 10.8. The minimum atomic E-state index is -0.647. The number of carbonyl (C=O) groups is 1. The van der Waals surface area contributed by atoms with Crippen molar-refractivity contribution in [1.29, 1.82) is 0 Å². The summed E-state index contributed by atoms with van der Waals surface area (Å²) in [6.45, 7) is 1.37. The summed E-state index contributed by atoms with van der Waals surface area (Å²) in [6, 6.07) is 8.58. The average molecular weight is 412 g/mol. The normalized spacial score (nSPS) is 20.3. The van der Waals surface area contributed by atoms with Crippen molar-refractivity contribution in [3.05, 3.63) is 53.2 Å². The van der Waals surface area contributed by atoms with Crippen LogP contribution in [0, 0.1) is 5.82 Å². The lowest BCUT2D eigenvalue weighted by atomic mass is 9.77. The van der Waals surface area contributed by atoms with Gasteiger partial charge in [-0.2, -0.15) is 0 Å². The van der Waals surface area contributed by atoms with E-state index in [2.05, 4.69) is 15.6 Å². The van der Waals surface area contributed by atoms with E-state index in [-0.39, 0.29) is 17.8 Å². The van der Waals surface area contributed by atoms with Crippen LogP contribution in [0.25, 0.3) is 0 Å². The molecule has 0 spiro atoms. The lowest BCUT2D eigenvalue weighted by Gasteiger charge is -2.33. The number of amides is 1. The SMILES string of the molecule is CNc1cc(CN(C)C(=O)C2(c3cccc(F)c3)CCCC2)nc([C@@H]2CCCN2)n1. The van der Waals surface area contributed by atoms with Crippen molar-refractivity contribution >= 4 is 11.7 Å². The van der Waals surface area contributed by atoms with E-state index in [1.54, 1.807) is 11.0 Å². The molecule has 30 heavy (non-hydrogen) atoms. The number of carbonyl (C=O) groups excluding carboxylic acids is 1. The standard InChI is InChI=1S/C23H30FN5O/c1-25-20-14-18(27-21(28-20)19-9-6-12-26-19)15-29(2)22(30)23(10-3-4-11-23)16-7-5-8-17(24)13-16/h5,7-8,13-14,19,26H,3-4,6,9-12,15H2,1-2H3,(H,25,27,28)/t19-/m0/s1. The number of nitrogens with one attached hydrogen (secondary N) is 2. The van der Waals surface area contributed by atoms with E-state index in [1.165, 1.54) is 12.1 Å². The Bertz CT molecular complexity index is 906. The van der Waals surface area contributed by atoms with Gasteiger partial charge in [0, 0.05) is 20.2 Å². The summed E-state index contributed by atoms with van der Waals surface area (Å²) in [5, 5.41) is 6.54. The Kier molecular flexibility index (Phi) is 5.99. The lowest BCUT2D eigenvalue weighted by Crippen LogP contribution is -2.43. The van der Waals surface area contributed by atoms with Gasteiger partial charge in [0.05, 0.1) is 23.7 Å². The van der Waals surface area contributed by atoms with E-state index in [0.29, 0.717) is 6.54 Å². The third-order valence-electron chi connectivity index (χ3n) is 6.41. The van der Waals surface area contributed by atoms with Crippen LogP contribution in [0.2, 0.25) is 0 Å². The summed E-state index contributed by atoms with van der Waals surface area (Å²) < 4.78 is 13.9. The average Bonchev–Trinajstić information content (AvgIpc) is 3.46. The molecule has 2 aromatic rings. The van der Waals surface area contributed by atoms with Crippen LogP contribution in [-0.2, 0) is 16.8 Å². The number of hydrogen-bond acceptors (Lipinski definition) is 5. The summed E-state index contributed by atoms with van der Waals surface area (Å²) in [6.07, 6.45) is 5.59. The van der Waals surface area contributed by atoms with Crippen LogP contribution in [0.3, 0.4) is 0 Å². The van der Waals surface area contributed by atoms with Crippen molar-refractivity contribution in [3.63, 3.8) is 0 Å². The second-order valence-corrected chi connectivity index (χ2v) is 8.46. The Hall–Kier alpha value is -2.54. The third-order valence-corrected chi connectivity index (χ3v) is 6.41. The number of aromatic nitrogens is 2. The molecule has 160 valence electrons. The largest absolute Gasteiger partial charge is 0.373 e. The lowest BCUT2D eigenvalue weighted by molar-refractivity contribution is -0.136. The highest BCUT2D eigenvalue weighted by Gasteiger charge is 2.44. The Morgan fingerprint density at radius 1 is 1.27 bits per heavy atom. The number of benzene rings is 1. The zero-order chi connectivity index (χ0) is 21.1. The highest BCUT2D eigenvalue weighted by atomic mass is 19.1. The Balaban J connectivity index is 1.59. The topological polar surface area (TPSA) is 70.2 Å². The van der Waals surface area contributed by atoms with Gasteiger partial charge in [0.25, 0.3) is 0 Å². The summed E-state index contributed by atoms with van der Waals surface area (Å²) in [7, 11) is 3.65. The molecule has 6 nitrogen and oxygen atoms in total. The van der Waals surface area contributed by atoms with E-state index >= 15 is 0 Å². The van der Waals surface area contributed by atoms with Gasteiger partial charge in [0.2, 0.25) is 5.91 Å². The number of anilines is 1. The van der Waals surface area contributed by atoms with Gasteiger partial charge >= 0.3 is 0 Å². The molecular weight excluding hydrogens is 381 g/mol. The van der Waals surface area contributed by atoms with Gasteiger partial charge in [-0.25, -0.2) is 14.4 Å². The molecule has 4 rings (SSSR count). The Morgan fingerprint density at radius 3 is 2.73 bits per heavy atom. The fraction of sp³-hybridized carbons (Fsp3) is 0.522. The van der Waals surface area contributed by atoms with Gasteiger partial charge in [-0.15, -0.1) is 0 Å². The number of likely N-dealkylation sites (N-methyl/N-ethyl adjacent to an activating group) is 1. The van der Waals surface area contributed by atoms with Crippen LogP contribution in [0.5, 0.6) is 0 Å². The zero-order valence-electron chi connectivity index (χ0n) is 17.7. The zero-order valence-corrected chi connectivity index (χ0v) is 17.7. The highest BCUT2D eigenvalue weighted by Crippen LogP contribution is 2.42. The molecule has 1 aliphatic heterocycles. The fourth-order valence-corrected chi connectivity index (χ4v) is 4.86. The van der Waals surface area contributed by atoms with E-state index < -0.39 is 5.41 Å². The molecule has 1 aromatic heterocycles. The summed E-state index contributed by atoms with van der Waals surface area (Å²) in [4.78, 5) is 24.7. The molecule has 0 bridgehead atoms. The quantitative estimate of drug-likeness (QED) is 0.761. The summed E-state index contributed by atoms with van der Waals surface area (Å²) in [5.41, 5.74) is 0.943. The van der Waals surface area contributed by atoms with Crippen molar-refractivity contribution in [1.82, 2.24) is 20.2 Å². The fourth-order valence-electron chi connectivity index (χ4n) is 4.86. The van der Waals surface area contributed by atoms with Crippen LogP contribution in [-0.4, -0.2) is 41.4 Å². The van der Waals surface area contributed by atoms with Gasteiger partial charge in [0.15, 0.2) is 0 Å². The molecule has 2 aliphatic rings. The summed E-state index contributed by atoms with van der Waals surface area (Å²) >= 11 is 0. The minimum absolute atomic E-state index is 0.0377. The van der Waals surface area contributed by atoms with Gasteiger partial charge in [-0.1, -0.05) is 25.0 Å². The minimum Gasteiger partial charge on any atom is -0.373 e. The molecule has 2 N–H and O–H groups in total. The first-order valence-electron chi connectivity index (χ1n) is 10.8. The number of hydrogen-bond donors (Lipinski definition) is 2. The highest BCUT2D eigenvalue weighted by molar-refractivity contribution is 5.88. The monoisotopic (exact) mass is 411 g/mol. The third kappa shape index (κ3) is 4.03. The molecule has 1 amide bonds. The Morgan fingerprint density at radius 2 is 2.07 bits per heavy atom. The van der Waals surface area contributed by atoms with Crippen LogP contribution in [0.1, 0.15) is 61.6 Å². The number of rotatable bonds is 6. The smallest absolute Gasteiger partial charge is 0.233 e. The molecule has 1 aliphatic carbocycles. The van der Waals surface area contributed by atoms with Gasteiger partial charge in [-0.3, -0.25) is 4.79 Å². The molecule has 1 saturated heterocycles. The maximum Gasteiger partial charge on any atom is 0.233 e. The molecule has 1 saturated carbocycles. The molecule has 2 fully saturated rings. The number of nitrogens with zero attached hydrogens (tertiary/aromatic N) is 3. The van der Waals surface area contributed by atoms with Crippen LogP contribution < -0.4 is 10.6 Å². The van der Waals surface area contributed by atoms with Crippen molar-refractivity contribution in [2.24, 2.45) is 0 Å². The van der Waals surface area contributed by atoms with E-state index in [0.717, 1.165) is 68.0 Å². The molecule has 0 unspecified atom stereocenters. The molecule has 7 heteroatoms. The van der Waals surface area contributed by atoms with Crippen molar-refractivity contribution in [2.75, 3.05) is 26.0 Å². The van der Waals surface area contributed by atoms with Crippen LogP contribution in [0.4, 0.5) is 10.2 Å². The number of halogens is 1. The van der Waals surface area contributed by atoms with Gasteiger partial charge in [-0.05, 0) is 49.9 Å². The second kappa shape index (κ2) is 8.68. The molecule has 1 aromatic carbocycles. The predicted molar refractivity (Wildman–Crippen MR) is 115 cm³/mol. The van der Waals surface area contributed by atoms with E-state index in [1.807, 2.05) is 26.2 Å². The van der Waals surface area contributed by atoms with E-state index in [9.17, 15) is 9.18 Å². The van der Waals surface area contributed by atoms with E-state index in [4.69, 9.17) is 4.98 Å².